The van der Waals surface area contributed by atoms with Crippen LogP contribution in [0.15, 0.2) is 42.6 Å². The second-order valence-corrected chi connectivity index (χ2v) is 8.61. The topological polar surface area (TPSA) is 71.2 Å². The quantitative estimate of drug-likeness (QED) is 0.503. The van der Waals surface area contributed by atoms with Gasteiger partial charge in [0, 0.05) is 66.7 Å². The molecule has 0 unspecified atom stereocenters. The molecule has 30 heavy (non-hydrogen) atoms. The van der Waals surface area contributed by atoms with Gasteiger partial charge in [0.25, 0.3) is 0 Å². The number of carbonyl (C=O) groups is 1. The third-order valence-corrected chi connectivity index (χ3v) is 6.29. The van der Waals surface area contributed by atoms with Crippen molar-refractivity contribution in [2.45, 2.75) is 32.1 Å². The zero-order valence-corrected chi connectivity index (χ0v) is 17.4. The van der Waals surface area contributed by atoms with Gasteiger partial charge in [0.1, 0.15) is 0 Å². The van der Waals surface area contributed by atoms with Crippen molar-refractivity contribution >= 4 is 28.1 Å². The van der Waals surface area contributed by atoms with Crippen LogP contribution in [0.1, 0.15) is 45.8 Å². The molecule has 2 fully saturated rings. The third kappa shape index (κ3) is 3.65. The minimum Gasteiger partial charge on any atom is -0.398 e. The normalized spacial score (nSPS) is 16.8. The predicted octanol–water partition coefficient (Wildman–Crippen LogP) is 3.84. The number of ketones is 1. The lowest BCUT2D eigenvalue weighted by Gasteiger charge is -2.31. The molecule has 3 aromatic rings. The molecule has 5 rings (SSSR count). The van der Waals surface area contributed by atoms with Crippen molar-refractivity contribution in [2.24, 2.45) is 0 Å². The summed E-state index contributed by atoms with van der Waals surface area (Å²) in [7, 11) is 0. The molecule has 1 aliphatic carbocycles. The molecule has 1 aromatic heterocycles. The molecule has 154 valence electrons. The largest absolute Gasteiger partial charge is 0.398 e. The van der Waals surface area contributed by atoms with Crippen molar-refractivity contribution in [3.63, 3.8) is 0 Å². The Morgan fingerprint density at radius 1 is 1.17 bits per heavy atom. The second kappa shape index (κ2) is 7.73. The van der Waals surface area contributed by atoms with Crippen LogP contribution in [-0.4, -0.2) is 36.9 Å². The Morgan fingerprint density at radius 3 is 2.70 bits per heavy atom. The summed E-state index contributed by atoms with van der Waals surface area (Å²) in [5.74, 6) is 0.652. The van der Waals surface area contributed by atoms with E-state index in [0.717, 1.165) is 48.2 Å². The number of piperazine rings is 1. The van der Waals surface area contributed by atoms with Gasteiger partial charge in [-0.3, -0.25) is 9.78 Å². The molecule has 0 bridgehead atoms. The average Bonchev–Trinajstić information content (AvgIpc) is 3.60. The molecule has 2 aromatic carbocycles. The lowest BCUT2D eigenvalue weighted by atomic mass is 9.98. The summed E-state index contributed by atoms with van der Waals surface area (Å²) in [5, 5.41) is 4.48. The van der Waals surface area contributed by atoms with Gasteiger partial charge in [-0.05, 0) is 55.0 Å². The van der Waals surface area contributed by atoms with Crippen LogP contribution in [0.4, 0.5) is 11.4 Å². The molecular weight excluding hydrogens is 372 g/mol. The number of hydrogen-bond acceptors (Lipinski definition) is 5. The van der Waals surface area contributed by atoms with Crippen LogP contribution in [0.25, 0.3) is 10.9 Å². The molecule has 1 saturated heterocycles. The van der Waals surface area contributed by atoms with Gasteiger partial charge in [0.05, 0.1) is 5.52 Å². The first-order valence-electron chi connectivity index (χ1n) is 10.9. The fourth-order valence-electron chi connectivity index (χ4n) is 4.47. The number of nitrogens with two attached hydrogens (primary N) is 1. The van der Waals surface area contributed by atoms with Gasteiger partial charge >= 0.3 is 0 Å². The van der Waals surface area contributed by atoms with E-state index in [-0.39, 0.29) is 5.78 Å². The Morgan fingerprint density at radius 2 is 1.97 bits per heavy atom. The number of pyridine rings is 1. The van der Waals surface area contributed by atoms with E-state index in [1.165, 1.54) is 24.1 Å². The summed E-state index contributed by atoms with van der Waals surface area (Å²) >= 11 is 0. The first-order valence-corrected chi connectivity index (χ1v) is 10.9. The van der Waals surface area contributed by atoms with Gasteiger partial charge in [-0.2, -0.15) is 0 Å². The second-order valence-electron chi connectivity index (χ2n) is 8.61. The number of aromatic nitrogens is 1. The molecule has 0 radical (unpaired) electrons. The molecule has 0 atom stereocenters. The Kier molecular flexibility index (Phi) is 4.91. The molecule has 2 heterocycles. The fraction of sp³-hybridized carbons (Fsp3) is 0.360. The number of aryl methyl sites for hydroxylation is 1. The van der Waals surface area contributed by atoms with E-state index in [1.807, 2.05) is 31.2 Å². The molecular formula is C25H28N4O. The predicted molar refractivity (Wildman–Crippen MR) is 122 cm³/mol. The van der Waals surface area contributed by atoms with Gasteiger partial charge in [0.2, 0.25) is 0 Å². The highest BCUT2D eigenvalue weighted by Crippen LogP contribution is 2.47. The first-order chi connectivity index (χ1) is 14.6. The van der Waals surface area contributed by atoms with Gasteiger partial charge in [-0.15, -0.1) is 0 Å². The summed E-state index contributed by atoms with van der Waals surface area (Å²) in [6.45, 7) is 6.09. The van der Waals surface area contributed by atoms with E-state index in [2.05, 4.69) is 22.3 Å². The number of nitrogens with one attached hydrogen (secondary N) is 1. The van der Waals surface area contributed by atoms with E-state index in [0.29, 0.717) is 23.6 Å². The molecule has 1 saturated carbocycles. The maximum atomic E-state index is 12.9. The van der Waals surface area contributed by atoms with Crippen LogP contribution in [0.2, 0.25) is 0 Å². The minimum atomic E-state index is 0.0547. The molecule has 1 aliphatic heterocycles. The van der Waals surface area contributed by atoms with E-state index in [9.17, 15) is 4.79 Å². The smallest absolute Gasteiger partial charge is 0.168 e. The minimum absolute atomic E-state index is 0.0547. The van der Waals surface area contributed by atoms with E-state index < -0.39 is 0 Å². The van der Waals surface area contributed by atoms with Gasteiger partial charge in [-0.1, -0.05) is 18.2 Å². The first kappa shape index (κ1) is 19.1. The standard InChI is InChI=1S/C25H28N4O/c1-16-2-3-18(21(26)12-16)14-23(30)20-13-19-6-7-22(29-10-8-27-9-11-29)24(17-4-5-17)25(19)28-15-20/h2-3,6-7,12-13,15,17,27H,4-5,8-11,14,26H2,1H3. The van der Waals surface area contributed by atoms with Gasteiger partial charge in [0.15, 0.2) is 5.78 Å². The summed E-state index contributed by atoms with van der Waals surface area (Å²) in [6, 6.07) is 12.2. The van der Waals surface area contributed by atoms with Crippen molar-refractivity contribution in [2.75, 3.05) is 36.8 Å². The number of Topliss-reactive ketones (excluding diaryl/α,β-unsaturated/α-hetero) is 1. The van der Waals surface area contributed by atoms with Crippen molar-refractivity contribution in [1.29, 1.82) is 0 Å². The zero-order valence-electron chi connectivity index (χ0n) is 17.4. The number of nitrogen functional groups attached to an aromatic ring is 1. The molecule has 5 heteroatoms. The molecule has 0 spiro atoms. The SMILES string of the molecule is Cc1ccc(CC(=O)c2cnc3c(C4CC4)c(N4CCNCC4)ccc3c2)c(N)c1. The number of carbonyl (C=O) groups excluding carboxylic acids is 1. The molecule has 3 N–H and O–H groups in total. The highest BCUT2D eigenvalue weighted by molar-refractivity contribution is 6.01. The molecule has 0 amide bonds. The maximum absolute atomic E-state index is 12.9. The van der Waals surface area contributed by atoms with Gasteiger partial charge in [-0.25, -0.2) is 0 Å². The summed E-state index contributed by atoms with van der Waals surface area (Å²) in [6.07, 6.45) is 4.51. The highest BCUT2D eigenvalue weighted by atomic mass is 16.1. The number of anilines is 2. The van der Waals surface area contributed by atoms with Crippen LogP contribution in [0.5, 0.6) is 0 Å². The molecule has 2 aliphatic rings. The van der Waals surface area contributed by atoms with Crippen LogP contribution in [0.3, 0.4) is 0 Å². The van der Waals surface area contributed by atoms with Crippen molar-refractivity contribution in [3.8, 4) is 0 Å². The molecule has 5 nitrogen and oxygen atoms in total. The van der Waals surface area contributed by atoms with Crippen molar-refractivity contribution in [3.05, 3.63) is 64.8 Å². The zero-order chi connectivity index (χ0) is 20.7. The Bertz CT molecular complexity index is 1110. The van der Waals surface area contributed by atoms with E-state index in [4.69, 9.17) is 10.7 Å². The van der Waals surface area contributed by atoms with Crippen LogP contribution in [-0.2, 0) is 6.42 Å². The van der Waals surface area contributed by atoms with E-state index in [1.54, 1.807) is 6.20 Å². The fourth-order valence-corrected chi connectivity index (χ4v) is 4.47. The Balaban J connectivity index is 1.47. The number of hydrogen-bond donors (Lipinski definition) is 2. The summed E-state index contributed by atoms with van der Waals surface area (Å²) in [4.78, 5) is 20.2. The van der Waals surface area contributed by atoms with E-state index >= 15 is 0 Å². The monoisotopic (exact) mass is 400 g/mol. The lowest BCUT2D eigenvalue weighted by Crippen LogP contribution is -2.43. The highest BCUT2D eigenvalue weighted by Gasteiger charge is 2.31. The van der Waals surface area contributed by atoms with Crippen LogP contribution in [0, 0.1) is 6.92 Å². The maximum Gasteiger partial charge on any atom is 0.168 e. The average molecular weight is 401 g/mol. The Labute approximate surface area is 177 Å². The van der Waals surface area contributed by atoms with Gasteiger partial charge < -0.3 is 16.0 Å². The number of fused-ring (bicyclic) bond motifs is 1. The number of benzene rings is 2. The number of rotatable bonds is 5. The van der Waals surface area contributed by atoms with Crippen LogP contribution >= 0.6 is 0 Å². The third-order valence-electron chi connectivity index (χ3n) is 6.29. The van der Waals surface area contributed by atoms with Crippen LogP contribution < -0.4 is 16.0 Å². The van der Waals surface area contributed by atoms with Crippen molar-refractivity contribution in [1.82, 2.24) is 10.3 Å². The lowest BCUT2D eigenvalue weighted by molar-refractivity contribution is 0.0993. The summed E-state index contributed by atoms with van der Waals surface area (Å²) < 4.78 is 0. The summed E-state index contributed by atoms with van der Waals surface area (Å²) in [5.41, 5.74) is 13.2. The van der Waals surface area contributed by atoms with Crippen molar-refractivity contribution < 1.29 is 4.79 Å². The Hall–Kier alpha value is -2.92. The number of nitrogens with zero attached hydrogens (tertiary/aromatic N) is 2.